The van der Waals surface area contributed by atoms with Gasteiger partial charge >= 0.3 is 0 Å². The van der Waals surface area contributed by atoms with Crippen molar-refractivity contribution in [3.8, 4) is 5.75 Å². The van der Waals surface area contributed by atoms with Crippen molar-refractivity contribution < 1.29 is 18.9 Å². The number of rotatable bonds is 11. The highest BCUT2D eigenvalue weighted by molar-refractivity contribution is 7.80. The first-order valence-electron chi connectivity index (χ1n) is 6.26. The number of ether oxygens (including phenoxy) is 4. The molecule has 0 fully saturated rings. The summed E-state index contributed by atoms with van der Waals surface area (Å²) in [5.74, 6) is 0.569. The van der Waals surface area contributed by atoms with Gasteiger partial charge in [-0.2, -0.15) is 0 Å². The fourth-order valence-electron chi connectivity index (χ4n) is 1.37. The number of hydrogen-bond donors (Lipinski definition) is 1. The Morgan fingerprint density at radius 3 is 2.45 bits per heavy atom. The van der Waals surface area contributed by atoms with E-state index in [0.29, 0.717) is 51.0 Å². The minimum absolute atomic E-state index is 0.287. The topological polar surface area (TPSA) is 75.8 Å². The smallest absolute Gasteiger partial charge is 0.147 e. The van der Waals surface area contributed by atoms with Crippen molar-refractivity contribution in [2.24, 2.45) is 5.73 Å². The van der Waals surface area contributed by atoms with Gasteiger partial charge in [-0.05, 0) is 6.07 Å². The zero-order valence-electron chi connectivity index (χ0n) is 11.5. The second-order valence-electron chi connectivity index (χ2n) is 3.80. The summed E-state index contributed by atoms with van der Waals surface area (Å²) in [6, 6.07) is 1.72. The number of thiocarbonyl (C=S) groups is 1. The molecule has 0 radical (unpaired) electrons. The van der Waals surface area contributed by atoms with Crippen LogP contribution < -0.4 is 10.5 Å². The third-order valence-electron chi connectivity index (χ3n) is 2.34. The predicted molar refractivity (Wildman–Crippen MR) is 79.1 cm³/mol. The summed E-state index contributed by atoms with van der Waals surface area (Å²) in [5, 5.41) is 0. The van der Waals surface area contributed by atoms with Gasteiger partial charge in [0.05, 0.1) is 44.8 Å². The molecule has 0 aliphatic heterocycles. The summed E-state index contributed by atoms with van der Waals surface area (Å²) in [4.78, 5) is 4.26. The van der Waals surface area contributed by atoms with Crippen LogP contribution in [-0.4, -0.2) is 56.7 Å². The van der Waals surface area contributed by atoms with Gasteiger partial charge < -0.3 is 24.7 Å². The van der Waals surface area contributed by atoms with Crippen LogP contribution in [0.25, 0.3) is 0 Å². The number of pyridine rings is 1. The van der Waals surface area contributed by atoms with Crippen LogP contribution in [0.1, 0.15) is 5.56 Å². The summed E-state index contributed by atoms with van der Waals surface area (Å²) >= 11 is 4.93. The van der Waals surface area contributed by atoms with E-state index in [1.807, 2.05) is 0 Å². The maximum absolute atomic E-state index is 5.59. The summed E-state index contributed by atoms with van der Waals surface area (Å²) in [7, 11) is 1.64. The minimum atomic E-state index is 0.287. The van der Waals surface area contributed by atoms with E-state index in [-0.39, 0.29) is 4.99 Å². The summed E-state index contributed by atoms with van der Waals surface area (Å²) in [6.45, 7) is 3.07. The van der Waals surface area contributed by atoms with Gasteiger partial charge in [-0.15, -0.1) is 0 Å². The van der Waals surface area contributed by atoms with Crippen molar-refractivity contribution in [3.05, 3.63) is 24.0 Å². The predicted octanol–water partition coefficient (Wildman–Crippen LogP) is 0.774. The van der Waals surface area contributed by atoms with Crippen molar-refractivity contribution in [2.75, 3.05) is 46.8 Å². The highest BCUT2D eigenvalue weighted by Gasteiger charge is 2.05. The molecule has 0 aliphatic rings. The highest BCUT2D eigenvalue weighted by Crippen LogP contribution is 2.15. The van der Waals surface area contributed by atoms with Gasteiger partial charge in [-0.1, -0.05) is 12.2 Å². The molecule has 1 aromatic rings. The third-order valence-corrected chi connectivity index (χ3v) is 2.56. The molecule has 7 heteroatoms. The lowest BCUT2D eigenvalue weighted by Crippen LogP contribution is -2.15. The molecule has 1 heterocycles. The number of nitrogens with zero attached hydrogens (tertiary/aromatic N) is 1. The Hall–Kier alpha value is -1.28. The van der Waals surface area contributed by atoms with Crippen LogP contribution in [0.4, 0.5) is 0 Å². The molecule has 0 unspecified atom stereocenters. The van der Waals surface area contributed by atoms with Gasteiger partial charge in [-0.25, -0.2) is 0 Å². The Morgan fingerprint density at radius 2 is 1.80 bits per heavy atom. The first kappa shape index (κ1) is 16.8. The standard InChI is InChI=1S/C13H20N2O4S/c1-16-4-5-17-6-7-18-8-9-19-12-10-15-3-2-11(12)13(14)20/h2-3,10H,4-9H2,1H3,(H2,14,20). The summed E-state index contributed by atoms with van der Waals surface area (Å²) in [5.41, 5.74) is 6.27. The normalized spacial score (nSPS) is 10.4. The van der Waals surface area contributed by atoms with Crippen molar-refractivity contribution >= 4 is 17.2 Å². The average molecular weight is 300 g/mol. The van der Waals surface area contributed by atoms with Crippen molar-refractivity contribution in [1.82, 2.24) is 4.98 Å². The van der Waals surface area contributed by atoms with E-state index in [1.165, 1.54) is 0 Å². The van der Waals surface area contributed by atoms with Crippen LogP contribution in [0.3, 0.4) is 0 Å². The Labute approximate surface area is 124 Å². The molecule has 2 N–H and O–H groups in total. The SMILES string of the molecule is COCCOCCOCCOc1cnccc1C(N)=S. The van der Waals surface area contributed by atoms with E-state index in [1.54, 1.807) is 25.6 Å². The van der Waals surface area contributed by atoms with E-state index in [0.717, 1.165) is 0 Å². The molecule has 0 amide bonds. The Morgan fingerprint density at radius 1 is 1.15 bits per heavy atom. The zero-order chi connectivity index (χ0) is 14.6. The van der Waals surface area contributed by atoms with Crippen LogP contribution in [0.15, 0.2) is 18.5 Å². The molecule has 1 rings (SSSR count). The van der Waals surface area contributed by atoms with E-state index < -0.39 is 0 Å². The maximum Gasteiger partial charge on any atom is 0.147 e. The van der Waals surface area contributed by atoms with Crippen LogP contribution in [0.2, 0.25) is 0 Å². The van der Waals surface area contributed by atoms with Gasteiger partial charge in [0.25, 0.3) is 0 Å². The molecule has 112 valence electrons. The van der Waals surface area contributed by atoms with Gasteiger partial charge in [-0.3, -0.25) is 4.98 Å². The molecule has 0 bridgehead atoms. The third kappa shape index (κ3) is 6.76. The Bertz CT molecular complexity index is 404. The average Bonchev–Trinajstić information content (AvgIpc) is 2.46. The molecule has 20 heavy (non-hydrogen) atoms. The molecule has 0 aliphatic carbocycles. The second kappa shape index (κ2) is 10.5. The quantitative estimate of drug-likeness (QED) is 0.478. The number of methoxy groups -OCH3 is 1. The fourth-order valence-corrected chi connectivity index (χ4v) is 1.54. The summed E-state index contributed by atoms with van der Waals surface area (Å²) < 4.78 is 21.0. The summed E-state index contributed by atoms with van der Waals surface area (Å²) in [6.07, 6.45) is 3.21. The first-order chi connectivity index (χ1) is 9.75. The lowest BCUT2D eigenvalue weighted by atomic mass is 10.2. The molecular formula is C13H20N2O4S. The monoisotopic (exact) mass is 300 g/mol. The van der Waals surface area contributed by atoms with Crippen LogP contribution in [0.5, 0.6) is 5.75 Å². The number of aromatic nitrogens is 1. The Kier molecular flexibility index (Phi) is 8.81. The van der Waals surface area contributed by atoms with E-state index >= 15 is 0 Å². The lowest BCUT2D eigenvalue weighted by molar-refractivity contribution is 0.0179. The van der Waals surface area contributed by atoms with Crippen LogP contribution in [-0.2, 0) is 14.2 Å². The molecule has 6 nitrogen and oxygen atoms in total. The molecule has 1 aromatic heterocycles. The van der Waals surface area contributed by atoms with E-state index in [9.17, 15) is 0 Å². The van der Waals surface area contributed by atoms with Gasteiger partial charge in [0.2, 0.25) is 0 Å². The zero-order valence-corrected chi connectivity index (χ0v) is 12.4. The minimum Gasteiger partial charge on any atom is -0.489 e. The number of nitrogens with two attached hydrogens (primary N) is 1. The molecule has 0 saturated carbocycles. The second-order valence-corrected chi connectivity index (χ2v) is 4.24. The van der Waals surface area contributed by atoms with Crippen molar-refractivity contribution in [3.63, 3.8) is 0 Å². The largest absolute Gasteiger partial charge is 0.489 e. The maximum atomic E-state index is 5.59. The van der Waals surface area contributed by atoms with Gasteiger partial charge in [0.1, 0.15) is 17.3 Å². The van der Waals surface area contributed by atoms with E-state index in [4.69, 9.17) is 36.9 Å². The van der Waals surface area contributed by atoms with Gasteiger partial charge in [0, 0.05) is 13.3 Å². The fraction of sp³-hybridized carbons (Fsp3) is 0.538. The van der Waals surface area contributed by atoms with Crippen LogP contribution >= 0.6 is 12.2 Å². The van der Waals surface area contributed by atoms with Crippen LogP contribution in [0, 0.1) is 0 Å². The lowest BCUT2D eigenvalue weighted by Gasteiger charge is -2.10. The number of hydrogen-bond acceptors (Lipinski definition) is 6. The molecule has 0 saturated heterocycles. The first-order valence-corrected chi connectivity index (χ1v) is 6.67. The molecular weight excluding hydrogens is 280 g/mol. The molecule has 0 aromatic carbocycles. The Balaban J connectivity index is 2.11. The van der Waals surface area contributed by atoms with E-state index in [2.05, 4.69) is 4.98 Å². The van der Waals surface area contributed by atoms with Crippen molar-refractivity contribution in [1.29, 1.82) is 0 Å². The van der Waals surface area contributed by atoms with Gasteiger partial charge in [0.15, 0.2) is 0 Å². The molecule has 0 spiro atoms. The highest BCUT2D eigenvalue weighted by atomic mass is 32.1. The molecule has 0 atom stereocenters. The van der Waals surface area contributed by atoms with Crippen molar-refractivity contribution in [2.45, 2.75) is 0 Å².